The Bertz CT molecular complexity index is 354. The highest BCUT2D eigenvalue weighted by Gasteiger charge is 2.03. The molecule has 0 aliphatic heterocycles. The summed E-state index contributed by atoms with van der Waals surface area (Å²) in [5.74, 6) is 0.0697. The summed E-state index contributed by atoms with van der Waals surface area (Å²) in [5.41, 5.74) is 2.12. The Morgan fingerprint density at radius 1 is 1.27 bits per heavy atom. The number of carbonyl (C=O) groups is 1. The third-order valence-electron chi connectivity index (χ3n) is 2.16. The Balaban J connectivity index is 2.64. The SMILES string of the molecule is CC(=O)/C=C(\C)N[C@H](C)c1ccccc1. The van der Waals surface area contributed by atoms with Crippen LogP contribution in [0.25, 0.3) is 0 Å². The summed E-state index contributed by atoms with van der Waals surface area (Å²) < 4.78 is 0. The minimum Gasteiger partial charge on any atom is -0.382 e. The molecule has 15 heavy (non-hydrogen) atoms. The maximum absolute atomic E-state index is 10.9. The van der Waals surface area contributed by atoms with Crippen LogP contribution in [-0.4, -0.2) is 5.78 Å². The van der Waals surface area contributed by atoms with E-state index in [0.717, 1.165) is 5.70 Å². The van der Waals surface area contributed by atoms with Crippen molar-refractivity contribution in [2.75, 3.05) is 0 Å². The van der Waals surface area contributed by atoms with E-state index < -0.39 is 0 Å². The third kappa shape index (κ3) is 3.98. The molecule has 0 saturated heterocycles. The summed E-state index contributed by atoms with van der Waals surface area (Å²) in [6.45, 7) is 5.53. The lowest BCUT2D eigenvalue weighted by Crippen LogP contribution is -2.16. The Kier molecular flexibility index (Phi) is 4.10. The van der Waals surface area contributed by atoms with E-state index in [9.17, 15) is 4.79 Å². The predicted octanol–water partition coefficient (Wildman–Crippen LogP) is 2.83. The van der Waals surface area contributed by atoms with Crippen LogP contribution in [0.2, 0.25) is 0 Å². The van der Waals surface area contributed by atoms with Gasteiger partial charge in [-0.15, -0.1) is 0 Å². The highest BCUT2D eigenvalue weighted by molar-refractivity contribution is 5.87. The molecule has 0 fully saturated rings. The number of hydrogen-bond acceptors (Lipinski definition) is 2. The van der Waals surface area contributed by atoms with Gasteiger partial charge in [0, 0.05) is 11.7 Å². The molecule has 0 radical (unpaired) electrons. The molecule has 1 aromatic rings. The second-order valence-corrected chi connectivity index (χ2v) is 3.71. The Labute approximate surface area is 91.0 Å². The number of carbonyl (C=O) groups excluding carboxylic acids is 1. The van der Waals surface area contributed by atoms with E-state index in [4.69, 9.17) is 0 Å². The van der Waals surface area contributed by atoms with E-state index in [2.05, 4.69) is 24.4 Å². The first-order valence-electron chi connectivity index (χ1n) is 5.10. The zero-order chi connectivity index (χ0) is 11.3. The molecule has 0 heterocycles. The van der Waals surface area contributed by atoms with Gasteiger partial charge < -0.3 is 5.32 Å². The van der Waals surface area contributed by atoms with Crippen molar-refractivity contribution in [2.45, 2.75) is 26.8 Å². The normalized spacial score (nSPS) is 13.4. The smallest absolute Gasteiger partial charge is 0.154 e. The molecule has 0 unspecified atom stereocenters. The van der Waals surface area contributed by atoms with E-state index in [-0.39, 0.29) is 11.8 Å². The molecule has 0 aromatic heterocycles. The molecule has 0 aliphatic carbocycles. The summed E-state index contributed by atoms with van der Waals surface area (Å²) >= 11 is 0. The first kappa shape index (κ1) is 11.5. The van der Waals surface area contributed by atoms with E-state index in [1.165, 1.54) is 5.56 Å². The van der Waals surface area contributed by atoms with Crippen LogP contribution < -0.4 is 5.32 Å². The molecule has 1 atom stereocenters. The average molecular weight is 203 g/mol. The lowest BCUT2D eigenvalue weighted by molar-refractivity contribution is -0.112. The summed E-state index contributed by atoms with van der Waals surface area (Å²) in [4.78, 5) is 10.9. The van der Waals surface area contributed by atoms with E-state index in [1.54, 1.807) is 13.0 Å². The molecule has 0 spiro atoms. The summed E-state index contributed by atoms with van der Waals surface area (Å²) in [7, 11) is 0. The minimum absolute atomic E-state index is 0.0697. The molecule has 1 rings (SSSR count). The van der Waals surface area contributed by atoms with Crippen molar-refractivity contribution >= 4 is 5.78 Å². The number of rotatable bonds is 4. The molecule has 2 nitrogen and oxygen atoms in total. The van der Waals surface area contributed by atoms with Gasteiger partial charge in [0.2, 0.25) is 0 Å². The molecule has 1 aromatic carbocycles. The van der Waals surface area contributed by atoms with Crippen molar-refractivity contribution in [3.05, 3.63) is 47.7 Å². The Hall–Kier alpha value is -1.57. The zero-order valence-corrected chi connectivity index (χ0v) is 9.45. The van der Waals surface area contributed by atoms with Gasteiger partial charge in [-0.3, -0.25) is 4.79 Å². The second kappa shape index (κ2) is 5.35. The molecule has 0 amide bonds. The highest BCUT2D eigenvalue weighted by Crippen LogP contribution is 2.12. The van der Waals surface area contributed by atoms with Gasteiger partial charge in [0.05, 0.1) is 0 Å². The van der Waals surface area contributed by atoms with Gasteiger partial charge in [0.25, 0.3) is 0 Å². The third-order valence-corrected chi connectivity index (χ3v) is 2.16. The van der Waals surface area contributed by atoms with Crippen LogP contribution in [0.5, 0.6) is 0 Å². The van der Waals surface area contributed by atoms with Crippen LogP contribution in [-0.2, 0) is 4.79 Å². The second-order valence-electron chi connectivity index (χ2n) is 3.71. The van der Waals surface area contributed by atoms with E-state index >= 15 is 0 Å². The first-order valence-corrected chi connectivity index (χ1v) is 5.10. The molecule has 0 aliphatic rings. The van der Waals surface area contributed by atoms with Crippen LogP contribution in [0.15, 0.2) is 42.1 Å². The van der Waals surface area contributed by atoms with Crippen molar-refractivity contribution in [3.8, 4) is 0 Å². The standard InChI is InChI=1S/C13H17NO/c1-10(9-11(2)15)14-12(3)13-7-5-4-6-8-13/h4-9,12,14H,1-3H3/b10-9+/t12-/m1/s1. The minimum atomic E-state index is 0.0697. The molecular formula is C13H17NO. The lowest BCUT2D eigenvalue weighted by Gasteiger charge is -2.15. The maximum atomic E-state index is 10.9. The average Bonchev–Trinajstić information content (AvgIpc) is 2.17. The topological polar surface area (TPSA) is 29.1 Å². The fourth-order valence-electron chi connectivity index (χ4n) is 1.51. The molecule has 80 valence electrons. The van der Waals surface area contributed by atoms with Gasteiger partial charge in [-0.05, 0) is 32.4 Å². The number of ketones is 1. The van der Waals surface area contributed by atoms with Gasteiger partial charge in [-0.25, -0.2) is 0 Å². The number of benzene rings is 1. The summed E-state index contributed by atoms with van der Waals surface area (Å²) in [5, 5.41) is 3.27. The van der Waals surface area contributed by atoms with Gasteiger partial charge >= 0.3 is 0 Å². The van der Waals surface area contributed by atoms with Crippen LogP contribution >= 0.6 is 0 Å². The first-order chi connectivity index (χ1) is 7.09. The van der Waals surface area contributed by atoms with Gasteiger partial charge in [0.1, 0.15) is 0 Å². The van der Waals surface area contributed by atoms with E-state index in [0.29, 0.717) is 0 Å². The van der Waals surface area contributed by atoms with Crippen molar-refractivity contribution in [2.24, 2.45) is 0 Å². The quantitative estimate of drug-likeness (QED) is 0.762. The monoisotopic (exact) mass is 203 g/mol. The molecule has 0 saturated carbocycles. The Morgan fingerprint density at radius 2 is 1.87 bits per heavy atom. The summed E-state index contributed by atoms with van der Waals surface area (Å²) in [6.07, 6.45) is 1.61. The van der Waals surface area contributed by atoms with Crippen molar-refractivity contribution < 1.29 is 4.79 Å². The Morgan fingerprint density at radius 3 is 2.40 bits per heavy atom. The van der Waals surface area contributed by atoms with Crippen molar-refractivity contribution in [3.63, 3.8) is 0 Å². The van der Waals surface area contributed by atoms with Gasteiger partial charge in [-0.1, -0.05) is 30.3 Å². The van der Waals surface area contributed by atoms with Gasteiger partial charge in [-0.2, -0.15) is 0 Å². The van der Waals surface area contributed by atoms with E-state index in [1.807, 2.05) is 25.1 Å². The predicted molar refractivity (Wildman–Crippen MR) is 62.4 cm³/mol. The molecule has 2 heteroatoms. The van der Waals surface area contributed by atoms with Crippen LogP contribution in [0.3, 0.4) is 0 Å². The van der Waals surface area contributed by atoms with Crippen LogP contribution in [0.4, 0.5) is 0 Å². The van der Waals surface area contributed by atoms with Gasteiger partial charge in [0.15, 0.2) is 5.78 Å². The largest absolute Gasteiger partial charge is 0.382 e. The molecule has 0 bridgehead atoms. The van der Waals surface area contributed by atoms with Crippen LogP contribution in [0.1, 0.15) is 32.4 Å². The maximum Gasteiger partial charge on any atom is 0.154 e. The summed E-state index contributed by atoms with van der Waals surface area (Å²) in [6, 6.07) is 10.4. The molecular weight excluding hydrogens is 186 g/mol. The highest BCUT2D eigenvalue weighted by atomic mass is 16.1. The fourth-order valence-corrected chi connectivity index (χ4v) is 1.51. The molecule has 1 N–H and O–H groups in total. The zero-order valence-electron chi connectivity index (χ0n) is 9.45. The lowest BCUT2D eigenvalue weighted by atomic mass is 10.1. The van der Waals surface area contributed by atoms with Crippen LogP contribution in [0, 0.1) is 0 Å². The number of allylic oxidation sites excluding steroid dienone is 2. The van der Waals surface area contributed by atoms with Crippen molar-refractivity contribution in [1.29, 1.82) is 0 Å². The number of hydrogen-bond donors (Lipinski definition) is 1. The fraction of sp³-hybridized carbons (Fsp3) is 0.308. The number of nitrogens with one attached hydrogen (secondary N) is 1. The van der Waals surface area contributed by atoms with Crippen molar-refractivity contribution in [1.82, 2.24) is 5.32 Å².